The molecule has 1 atom stereocenters. The van der Waals surface area contributed by atoms with Crippen LogP contribution in [0.4, 0.5) is 0 Å². The maximum atomic E-state index is 13.1. The second kappa shape index (κ2) is 9.34. The summed E-state index contributed by atoms with van der Waals surface area (Å²) in [7, 11) is -3.48. The van der Waals surface area contributed by atoms with Crippen LogP contribution in [0.5, 0.6) is 0 Å². The van der Waals surface area contributed by atoms with Crippen molar-refractivity contribution in [3.63, 3.8) is 0 Å². The van der Waals surface area contributed by atoms with Gasteiger partial charge in [-0.25, -0.2) is 8.42 Å². The molecular formula is C22H33N3O4S. The summed E-state index contributed by atoms with van der Waals surface area (Å²) in [6.45, 7) is 6.32. The average molecular weight is 436 g/mol. The SMILES string of the molecule is CCC1CN(C(=O)CN2CCN(S(=O)(=O)c3ccc4c(c3)CCCC4)CC2)CCO1. The fraction of sp³-hybridized carbons (Fsp3) is 0.682. The van der Waals surface area contributed by atoms with Gasteiger partial charge in [-0.15, -0.1) is 0 Å². The fourth-order valence-corrected chi connectivity index (χ4v) is 6.10. The number of carbonyl (C=O) groups is 1. The Bertz CT molecular complexity index is 865. The standard InChI is InChI=1S/C22H33N3O4S/c1-2-20-16-24(13-14-29-20)22(26)17-23-9-11-25(12-10-23)30(27,28)21-8-7-18-5-3-4-6-19(18)15-21/h7-8,15,20H,2-6,9-14,16-17H2,1H3. The van der Waals surface area contributed by atoms with Gasteiger partial charge in [0.15, 0.2) is 0 Å². The molecule has 2 heterocycles. The van der Waals surface area contributed by atoms with E-state index in [-0.39, 0.29) is 12.0 Å². The van der Waals surface area contributed by atoms with E-state index in [0.29, 0.717) is 57.3 Å². The summed E-state index contributed by atoms with van der Waals surface area (Å²) < 4.78 is 33.5. The Balaban J connectivity index is 1.33. The molecule has 0 aromatic heterocycles. The molecule has 1 aliphatic carbocycles. The summed E-state index contributed by atoms with van der Waals surface area (Å²) in [4.78, 5) is 17.0. The van der Waals surface area contributed by atoms with Crippen molar-refractivity contribution in [1.29, 1.82) is 0 Å². The van der Waals surface area contributed by atoms with Crippen molar-refractivity contribution in [2.45, 2.75) is 50.0 Å². The first-order chi connectivity index (χ1) is 14.5. The van der Waals surface area contributed by atoms with Gasteiger partial charge >= 0.3 is 0 Å². The molecule has 0 spiro atoms. The second-order valence-corrected chi connectivity index (χ2v) is 10.5. The molecule has 1 aromatic rings. The van der Waals surface area contributed by atoms with Gasteiger partial charge in [0.25, 0.3) is 0 Å². The quantitative estimate of drug-likeness (QED) is 0.701. The van der Waals surface area contributed by atoms with Gasteiger partial charge in [0.2, 0.25) is 15.9 Å². The fourth-order valence-electron chi connectivity index (χ4n) is 4.63. The Morgan fingerprint density at radius 3 is 2.53 bits per heavy atom. The van der Waals surface area contributed by atoms with Crippen molar-refractivity contribution in [2.24, 2.45) is 0 Å². The minimum Gasteiger partial charge on any atom is -0.375 e. The van der Waals surface area contributed by atoms with Crippen molar-refractivity contribution in [3.05, 3.63) is 29.3 Å². The Labute approximate surface area is 180 Å². The highest BCUT2D eigenvalue weighted by Gasteiger charge is 2.31. The Morgan fingerprint density at radius 1 is 1.07 bits per heavy atom. The second-order valence-electron chi connectivity index (χ2n) is 8.56. The van der Waals surface area contributed by atoms with E-state index >= 15 is 0 Å². The molecule has 8 heteroatoms. The molecule has 0 N–H and O–H groups in total. The summed E-state index contributed by atoms with van der Waals surface area (Å²) in [6.07, 6.45) is 5.36. The van der Waals surface area contributed by atoms with Gasteiger partial charge in [-0.05, 0) is 55.4 Å². The van der Waals surface area contributed by atoms with Crippen molar-refractivity contribution < 1.29 is 17.9 Å². The summed E-state index contributed by atoms with van der Waals surface area (Å²) in [6, 6.07) is 5.63. The zero-order valence-corrected chi connectivity index (χ0v) is 18.7. The normalized spacial score (nSPS) is 23.9. The lowest BCUT2D eigenvalue weighted by Gasteiger charge is -2.37. The molecule has 0 bridgehead atoms. The zero-order valence-electron chi connectivity index (χ0n) is 17.9. The molecule has 3 aliphatic rings. The van der Waals surface area contributed by atoms with Crippen molar-refractivity contribution in [1.82, 2.24) is 14.1 Å². The Morgan fingerprint density at radius 2 is 1.80 bits per heavy atom. The third-order valence-electron chi connectivity index (χ3n) is 6.59. The van der Waals surface area contributed by atoms with Gasteiger partial charge < -0.3 is 9.64 Å². The molecule has 0 saturated carbocycles. The molecule has 7 nitrogen and oxygen atoms in total. The number of hydrogen-bond donors (Lipinski definition) is 0. The van der Waals surface area contributed by atoms with Gasteiger partial charge in [0.05, 0.1) is 24.2 Å². The molecule has 2 aliphatic heterocycles. The summed E-state index contributed by atoms with van der Waals surface area (Å²) in [5, 5.41) is 0. The van der Waals surface area contributed by atoms with E-state index in [2.05, 4.69) is 11.8 Å². The van der Waals surface area contributed by atoms with Crippen LogP contribution in [0, 0.1) is 0 Å². The van der Waals surface area contributed by atoms with E-state index in [1.807, 2.05) is 17.0 Å². The van der Waals surface area contributed by atoms with Gasteiger partial charge in [0.1, 0.15) is 0 Å². The number of fused-ring (bicyclic) bond motifs is 1. The Hall–Kier alpha value is -1.48. The van der Waals surface area contributed by atoms with Gasteiger partial charge in [-0.3, -0.25) is 9.69 Å². The minimum atomic E-state index is -3.48. The first kappa shape index (κ1) is 21.7. The largest absolute Gasteiger partial charge is 0.375 e. The molecule has 166 valence electrons. The smallest absolute Gasteiger partial charge is 0.243 e. The van der Waals surface area contributed by atoms with Crippen LogP contribution in [0.1, 0.15) is 37.3 Å². The lowest BCUT2D eigenvalue weighted by atomic mass is 9.92. The van der Waals surface area contributed by atoms with Crippen LogP contribution in [0.3, 0.4) is 0 Å². The lowest BCUT2D eigenvalue weighted by molar-refractivity contribution is -0.140. The maximum absolute atomic E-state index is 13.1. The van der Waals surface area contributed by atoms with Crippen LogP contribution in [0.2, 0.25) is 0 Å². The number of carbonyl (C=O) groups excluding carboxylic acids is 1. The van der Waals surface area contributed by atoms with Crippen LogP contribution in [0.25, 0.3) is 0 Å². The van der Waals surface area contributed by atoms with E-state index in [1.54, 1.807) is 10.4 Å². The van der Waals surface area contributed by atoms with Gasteiger partial charge in [-0.1, -0.05) is 13.0 Å². The van der Waals surface area contributed by atoms with Crippen molar-refractivity contribution in [2.75, 3.05) is 52.4 Å². The predicted molar refractivity (Wildman–Crippen MR) is 115 cm³/mol. The first-order valence-corrected chi connectivity index (χ1v) is 12.6. The number of morpholine rings is 1. The predicted octanol–water partition coefficient (Wildman–Crippen LogP) is 1.51. The number of hydrogen-bond acceptors (Lipinski definition) is 5. The number of ether oxygens (including phenoxy) is 1. The number of rotatable bonds is 5. The Kier molecular flexibility index (Phi) is 6.77. The number of sulfonamides is 1. The molecule has 2 fully saturated rings. The highest BCUT2D eigenvalue weighted by Crippen LogP contribution is 2.26. The molecule has 30 heavy (non-hydrogen) atoms. The lowest BCUT2D eigenvalue weighted by Crippen LogP contribution is -2.53. The number of piperazine rings is 1. The van der Waals surface area contributed by atoms with E-state index < -0.39 is 10.0 Å². The van der Waals surface area contributed by atoms with Crippen molar-refractivity contribution in [3.8, 4) is 0 Å². The van der Waals surface area contributed by atoms with E-state index in [4.69, 9.17) is 4.74 Å². The van der Waals surface area contributed by atoms with Crippen LogP contribution in [-0.2, 0) is 32.4 Å². The van der Waals surface area contributed by atoms with Crippen LogP contribution >= 0.6 is 0 Å². The van der Waals surface area contributed by atoms with E-state index in [9.17, 15) is 13.2 Å². The van der Waals surface area contributed by atoms with Crippen molar-refractivity contribution >= 4 is 15.9 Å². The molecule has 1 aromatic carbocycles. The highest BCUT2D eigenvalue weighted by molar-refractivity contribution is 7.89. The monoisotopic (exact) mass is 435 g/mol. The molecule has 2 saturated heterocycles. The number of aryl methyl sites for hydroxylation is 2. The third kappa shape index (κ3) is 4.72. The molecule has 1 unspecified atom stereocenters. The van der Waals surface area contributed by atoms with Gasteiger partial charge in [0, 0.05) is 39.3 Å². The van der Waals surface area contributed by atoms with Crippen LogP contribution in [0.15, 0.2) is 23.1 Å². The molecule has 4 rings (SSSR count). The number of benzene rings is 1. The van der Waals surface area contributed by atoms with Crippen LogP contribution < -0.4 is 0 Å². The highest BCUT2D eigenvalue weighted by atomic mass is 32.2. The summed E-state index contributed by atoms with van der Waals surface area (Å²) >= 11 is 0. The maximum Gasteiger partial charge on any atom is 0.243 e. The van der Waals surface area contributed by atoms with E-state index in [0.717, 1.165) is 25.7 Å². The summed E-state index contributed by atoms with van der Waals surface area (Å²) in [5.74, 6) is 0.114. The van der Waals surface area contributed by atoms with Gasteiger partial charge in [-0.2, -0.15) is 4.31 Å². The molecule has 0 radical (unpaired) electrons. The average Bonchev–Trinajstić information content (AvgIpc) is 2.79. The summed E-state index contributed by atoms with van der Waals surface area (Å²) in [5.41, 5.74) is 2.47. The molecular weight excluding hydrogens is 402 g/mol. The van der Waals surface area contributed by atoms with Crippen LogP contribution in [-0.4, -0.2) is 87.0 Å². The van der Waals surface area contributed by atoms with E-state index in [1.165, 1.54) is 17.5 Å². The molecule has 1 amide bonds. The zero-order chi connectivity index (χ0) is 21.1. The first-order valence-electron chi connectivity index (χ1n) is 11.2. The number of amides is 1. The number of nitrogens with zero attached hydrogens (tertiary/aromatic N) is 3. The minimum absolute atomic E-state index is 0.114. The third-order valence-corrected chi connectivity index (χ3v) is 8.49. The topological polar surface area (TPSA) is 70.2 Å².